The molecule has 9 heteroatoms. The highest BCUT2D eigenvalue weighted by Gasteiger charge is 2.20. The first kappa shape index (κ1) is 13.1. The third kappa shape index (κ3) is 2.94. The largest absolute Gasteiger partial charge is 0.378 e. The Balaban J connectivity index is 2.15. The van der Waals surface area contributed by atoms with E-state index in [9.17, 15) is 10.1 Å². The average Bonchev–Trinajstić information content (AvgIpc) is 2.83. The zero-order valence-electron chi connectivity index (χ0n) is 10.2. The Morgan fingerprint density at radius 2 is 2.26 bits per heavy atom. The Morgan fingerprint density at radius 1 is 1.47 bits per heavy atom. The van der Waals surface area contributed by atoms with Gasteiger partial charge >= 0.3 is 5.69 Å². The molecule has 0 saturated heterocycles. The molecule has 0 spiro atoms. The highest BCUT2D eigenvalue weighted by molar-refractivity contribution is 7.11. The van der Waals surface area contributed by atoms with Gasteiger partial charge in [0, 0.05) is 11.1 Å². The zero-order valence-corrected chi connectivity index (χ0v) is 11.0. The fraction of sp³-hybridized carbons (Fsp3) is 0.300. The average molecular weight is 280 g/mol. The maximum atomic E-state index is 10.9. The first-order valence-corrected chi connectivity index (χ1v) is 6.35. The van der Waals surface area contributed by atoms with Gasteiger partial charge in [-0.2, -0.15) is 0 Å². The Kier molecular flexibility index (Phi) is 3.85. The summed E-state index contributed by atoms with van der Waals surface area (Å²) in [5.74, 6) is -0.0540. The Bertz CT molecular complexity index is 599. The zero-order chi connectivity index (χ0) is 13.8. The number of nitrogens with one attached hydrogen (secondary N) is 1. The molecule has 0 aliphatic carbocycles. The second kappa shape index (κ2) is 5.57. The maximum absolute atomic E-state index is 10.9. The van der Waals surface area contributed by atoms with E-state index in [0.29, 0.717) is 6.54 Å². The van der Waals surface area contributed by atoms with Crippen LogP contribution >= 0.6 is 11.3 Å². The van der Waals surface area contributed by atoms with Crippen molar-refractivity contribution in [2.24, 2.45) is 0 Å². The molecule has 3 N–H and O–H groups in total. The minimum Gasteiger partial charge on any atom is -0.378 e. The normalized spacial score (nSPS) is 10.4. The number of nitro groups is 1. The fourth-order valence-corrected chi connectivity index (χ4v) is 2.26. The van der Waals surface area contributed by atoms with Crippen LogP contribution < -0.4 is 11.1 Å². The molecule has 2 rings (SSSR count). The van der Waals surface area contributed by atoms with E-state index in [2.05, 4.69) is 20.3 Å². The van der Waals surface area contributed by atoms with Gasteiger partial charge in [0.2, 0.25) is 11.6 Å². The molecule has 0 saturated carbocycles. The minimum absolute atomic E-state index is 0.103. The fourth-order valence-electron chi connectivity index (χ4n) is 1.45. The highest BCUT2D eigenvalue weighted by atomic mass is 32.1. The summed E-state index contributed by atoms with van der Waals surface area (Å²) in [5.41, 5.74) is 5.16. The van der Waals surface area contributed by atoms with Crippen molar-refractivity contribution in [3.05, 3.63) is 32.5 Å². The van der Waals surface area contributed by atoms with Gasteiger partial charge in [0.1, 0.15) is 11.3 Å². The first-order chi connectivity index (χ1) is 9.11. The molecule has 0 atom stereocenters. The quantitative estimate of drug-likeness (QED) is 0.630. The van der Waals surface area contributed by atoms with Crippen LogP contribution in [0.25, 0.3) is 0 Å². The van der Waals surface area contributed by atoms with Crippen LogP contribution in [0.4, 0.5) is 17.3 Å². The second-order valence-corrected chi connectivity index (χ2v) is 4.84. The predicted molar refractivity (Wildman–Crippen MR) is 71.9 cm³/mol. The lowest BCUT2D eigenvalue weighted by atomic mass is 10.4. The topological polar surface area (TPSA) is 120 Å². The van der Waals surface area contributed by atoms with E-state index in [1.165, 1.54) is 6.33 Å². The lowest BCUT2D eigenvalue weighted by Crippen LogP contribution is -2.07. The molecule has 0 aliphatic heterocycles. The molecule has 0 radical (unpaired) electrons. The molecule has 0 unspecified atom stereocenters. The Morgan fingerprint density at radius 3 is 2.89 bits per heavy atom. The number of aromatic nitrogens is 3. The van der Waals surface area contributed by atoms with Crippen LogP contribution in [0.5, 0.6) is 0 Å². The van der Waals surface area contributed by atoms with Gasteiger partial charge in [-0.15, -0.1) is 11.3 Å². The van der Waals surface area contributed by atoms with Crippen LogP contribution in [0, 0.1) is 10.1 Å². The monoisotopic (exact) mass is 280 g/mol. The molecular formula is C10H12N6O2S. The van der Waals surface area contributed by atoms with E-state index in [4.69, 9.17) is 5.73 Å². The number of nitrogens with two attached hydrogens (primary N) is 1. The SMILES string of the molecule is CCc1cnc(CNc2ncnc(N)c2[N+](=O)[O-])s1. The number of anilines is 2. The van der Waals surface area contributed by atoms with E-state index in [0.717, 1.165) is 16.3 Å². The number of nitrogens with zero attached hydrogens (tertiary/aromatic N) is 4. The van der Waals surface area contributed by atoms with Gasteiger partial charge in [-0.1, -0.05) is 6.92 Å². The summed E-state index contributed by atoms with van der Waals surface area (Å²) in [6.45, 7) is 2.41. The Hall–Kier alpha value is -2.29. The van der Waals surface area contributed by atoms with Crippen LogP contribution in [0.2, 0.25) is 0 Å². The molecule has 2 aromatic heterocycles. The van der Waals surface area contributed by atoms with Crippen molar-refractivity contribution >= 4 is 28.7 Å². The summed E-state index contributed by atoms with van der Waals surface area (Å²) in [5, 5.41) is 14.6. The second-order valence-electron chi connectivity index (χ2n) is 3.64. The molecule has 8 nitrogen and oxygen atoms in total. The summed E-state index contributed by atoms with van der Waals surface area (Å²) in [7, 11) is 0. The number of aryl methyl sites for hydroxylation is 1. The van der Waals surface area contributed by atoms with Crippen molar-refractivity contribution < 1.29 is 4.92 Å². The van der Waals surface area contributed by atoms with E-state index >= 15 is 0 Å². The van der Waals surface area contributed by atoms with Crippen molar-refractivity contribution in [1.82, 2.24) is 15.0 Å². The molecular weight excluding hydrogens is 268 g/mol. The predicted octanol–water partition coefficient (Wildman–Crippen LogP) is 1.60. The third-order valence-corrected chi connectivity index (χ3v) is 3.53. The van der Waals surface area contributed by atoms with E-state index < -0.39 is 4.92 Å². The van der Waals surface area contributed by atoms with Gasteiger partial charge in [0.05, 0.1) is 11.5 Å². The van der Waals surface area contributed by atoms with Crippen LogP contribution in [0.15, 0.2) is 12.5 Å². The summed E-state index contributed by atoms with van der Waals surface area (Å²) in [6.07, 6.45) is 3.90. The van der Waals surface area contributed by atoms with Crippen molar-refractivity contribution in [3.63, 3.8) is 0 Å². The van der Waals surface area contributed by atoms with Crippen molar-refractivity contribution in [2.45, 2.75) is 19.9 Å². The van der Waals surface area contributed by atoms with E-state index in [1.807, 2.05) is 6.92 Å². The summed E-state index contributed by atoms with van der Waals surface area (Å²) < 4.78 is 0. The standard InChI is InChI=1S/C10H12N6O2S/c1-2-6-3-12-7(19-6)4-13-10-8(16(17)18)9(11)14-5-15-10/h3,5H,2,4H2,1H3,(H3,11,13,14,15). The molecule has 0 fully saturated rings. The smallest absolute Gasteiger partial charge is 0.352 e. The van der Waals surface area contributed by atoms with Gasteiger partial charge in [-0.25, -0.2) is 15.0 Å². The number of nitrogen functional groups attached to an aromatic ring is 1. The summed E-state index contributed by atoms with van der Waals surface area (Å²) in [4.78, 5) is 23.1. The van der Waals surface area contributed by atoms with Crippen molar-refractivity contribution in [3.8, 4) is 0 Å². The third-order valence-electron chi connectivity index (χ3n) is 2.39. The van der Waals surface area contributed by atoms with Crippen molar-refractivity contribution in [1.29, 1.82) is 0 Å². The van der Waals surface area contributed by atoms with Gasteiger partial charge in [-0.3, -0.25) is 10.1 Å². The van der Waals surface area contributed by atoms with E-state index in [-0.39, 0.29) is 17.3 Å². The van der Waals surface area contributed by atoms with Crippen LogP contribution in [0.1, 0.15) is 16.8 Å². The molecule has 2 heterocycles. The number of thiazole rings is 1. The molecule has 2 aromatic rings. The molecule has 0 amide bonds. The van der Waals surface area contributed by atoms with E-state index in [1.54, 1.807) is 17.5 Å². The van der Waals surface area contributed by atoms with Gasteiger partial charge < -0.3 is 11.1 Å². The number of rotatable bonds is 5. The van der Waals surface area contributed by atoms with Gasteiger partial charge in [-0.05, 0) is 6.42 Å². The van der Waals surface area contributed by atoms with Crippen LogP contribution in [0.3, 0.4) is 0 Å². The van der Waals surface area contributed by atoms with Gasteiger partial charge in [0.15, 0.2) is 0 Å². The van der Waals surface area contributed by atoms with Gasteiger partial charge in [0.25, 0.3) is 0 Å². The first-order valence-electron chi connectivity index (χ1n) is 5.54. The molecule has 100 valence electrons. The summed E-state index contributed by atoms with van der Waals surface area (Å²) in [6, 6.07) is 0. The number of hydrogen-bond acceptors (Lipinski definition) is 8. The number of hydrogen-bond donors (Lipinski definition) is 2. The lowest BCUT2D eigenvalue weighted by Gasteiger charge is -2.04. The molecule has 0 aromatic carbocycles. The molecule has 0 bridgehead atoms. The summed E-state index contributed by atoms with van der Waals surface area (Å²) >= 11 is 1.55. The highest BCUT2D eigenvalue weighted by Crippen LogP contribution is 2.26. The lowest BCUT2D eigenvalue weighted by molar-refractivity contribution is -0.383. The van der Waals surface area contributed by atoms with Crippen molar-refractivity contribution in [2.75, 3.05) is 11.1 Å². The van der Waals surface area contributed by atoms with Crippen LogP contribution in [-0.4, -0.2) is 19.9 Å². The van der Waals surface area contributed by atoms with Crippen LogP contribution in [-0.2, 0) is 13.0 Å². The maximum Gasteiger partial charge on any atom is 0.352 e. The minimum atomic E-state index is -0.600. The molecule has 19 heavy (non-hydrogen) atoms. The Labute approximate surface area is 112 Å². The molecule has 0 aliphatic rings.